The fourth-order valence-electron chi connectivity index (χ4n) is 4.07. The lowest BCUT2D eigenvalue weighted by Crippen LogP contribution is -2.40. The highest BCUT2D eigenvalue weighted by Gasteiger charge is 2.34. The number of halogens is 1. The Labute approximate surface area is 162 Å². The fourth-order valence-corrected chi connectivity index (χ4v) is 4.07. The number of hydrogen-bond acceptors (Lipinski definition) is 4. The summed E-state index contributed by atoms with van der Waals surface area (Å²) < 4.78 is 5.65. The van der Waals surface area contributed by atoms with Crippen LogP contribution in [0, 0.1) is 5.92 Å². The molecule has 1 aromatic rings. The predicted octanol–water partition coefficient (Wildman–Crippen LogP) is 2.97. The first-order valence-corrected chi connectivity index (χ1v) is 9.47. The Bertz CT molecular complexity index is 584. The van der Waals surface area contributed by atoms with Crippen LogP contribution in [0.2, 0.25) is 0 Å². The number of piperidine rings is 1. The third kappa shape index (κ3) is 5.86. The van der Waals surface area contributed by atoms with E-state index in [1.165, 1.54) is 12.8 Å². The second-order valence-electron chi connectivity index (χ2n) is 7.74. The van der Waals surface area contributed by atoms with Crippen molar-refractivity contribution in [1.82, 2.24) is 10.6 Å². The number of ether oxygens (including phenoxy) is 1. The number of amides is 1. The molecule has 0 aromatic heterocycles. The fraction of sp³-hybridized carbons (Fsp3) is 0.650. The van der Waals surface area contributed by atoms with Crippen molar-refractivity contribution in [3.63, 3.8) is 0 Å². The normalized spacial score (nSPS) is 25.5. The van der Waals surface area contributed by atoms with E-state index in [1.807, 2.05) is 38.1 Å². The van der Waals surface area contributed by atoms with Gasteiger partial charge in [0.2, 0.25) is 5.91 Å². The van der Waals surface area contributed by atoms with E-state index < -0.39 is 6.10 Å². The highest BCUT2D eigenvalue weighted by molar-refractivity contribution is 5.85. The van der Waals surface area contributed by atoms with Crippen molar-refractivity contribution < 1.29 is 14.6 Å². The monoisotopic (exact) mass is 382 g/mol. The van der Waals surface area contributed by atoms with Gasteiger partial charge in [-0.2, -0.15) is 0 Å². The van der Waals surface area contributed by atoms with Crippen LogP contribution < -0.4 is 15.4 Å². The number of carbonyl (C=O) groups is 1. The van der Waals surface area contributed by atoms with Crippen LogP contribution >= 0.6 is 12.4 Å². The van der Waals surface area contributed by atoms with Crippen LogP contribution in [0.25, 0.3) is 0 Å². The zero-order chi connectivity index (χ0) is 17.8. The van der Waals surface area contributed by atoms with E-state index in [2.05, 4.69) is 10.6 Å². The number of aliphatic hydroxyl groups is 1. The molecular weight excluding hydrogens is 352 g/mol. The average molecular weight is 383 g/mol. The molecule has 2 aliphatic heterocycles. The molecule has 2 heterocycles. The first kappa shape index (κ1) is 21.0. The molecule has 2 aliphatic rings. The molecule has 3 atom stereocenters. The van der Waals surface area contributed by atoms with E-state index in [1.54, 1.807) is 0 Å². The van der Waals surface area contributed by atoms with Crippen LogP contribution in [0.4, 0.5) is 0 Å². The zero-order valence-electron chi connectivity index (χ0n) is 15.6. The lowest BCUT2D eigenvalue weighted by Gasteiger charge is -2.28. The van der Waals surface area contributed by atoms with Crippen LogP contribution in [-0.2, 0) is 4.79 Å². The zero-order valence-corrected chi connectivity index (χ0v) is 16.4. The van der Waals surface area contributed by atoms with E-state index in [0.29, 0.717) is 24.4 Å². The van der Waals surface area contributed by atoms with Gasteiger partial charge in [0, 0.05) is 25.0 Å². The topological polar surface area (TPSA) is 70.6 Å². The van der Waals surface area contributed by atoms with Gasteiger partial charge in [-0.05, 0) is 63.1 Å². The first-order valence-electron chi connectivity index (χ1n) is 9.47. The van der Waals surface area contributed by atoms with Crippen molar-refractivity contribution >= 4 is 18.3 Å². The summed E-state index contributed by atoms with van der Waals surface area (Å²) in [6.45, 7) is 4.17. The summed E-state index contributed by atoms with van der Waals surface area (Å²) in [6.07, 6.45) is 4.63. The van der Waals surface area contributed by atoms with Gasteiger partial charge in [0.15, 0.2) is 0 Å². The smallest absolute Gasteiger partial charge is 0.220 e. The molecule has 0 radical (unpaired) electrons. The summed E-state index contributed by atoms with van der Waals surface area (Å²) in [4.78, 5) is 12.2. The van der Waals surface area contributed by atoms with Crippen molar-refractivity contribution in [3.05, 3.63) is 29.8 Å². The molecule has 2 fully saturated rings. The molecule has 3 unspecified atom stereocenters. The molecule has 26 heavy (non-hydrogen) atoms. The number of benzene rings is 1. The molecule has 2 saturated heterocycles. The number of hydrogen-bond donors (Lipinski definition) is 3. The van der Waals surface area contributed by atoms with Crippen LogP contribution in [-0.4, -0.2) is 35.7 Å². The molecule has 1 amide bonds. The molecule has 3 N–H and O–H groups in total. The quantitative estimate of drug-likeness (QED) is 0.678. The van der Waals surface area contributed by atoms with Gasteiger partial charge in [0.05, 0.1) is 12.2 Å². The van der Waals surface area contributed by atoms with E-state index in [-0.39, 0.29) is 31.0 Å². The van der Waals surface area contributed by atoms with E-state index in [9.17, 15) is 9.90 Å². The molecule has 146 valence electrons. The molecule has 5 nitrogen and oxygen atoms in total. The first-order chi connectivity index (χ1) is 12.0. The number of aliphatic hydroxyl groups excluding tert-OH is 1. The minimum atomic E-state index is -0.719. The largest absolute Gasteiger partial charge is 0.491 e. The summed E-state index contributed by atoms with van der Waals surface area (Å²) in [5.74, 6) is 1.25. The highest BCUT2D eigenvalue weighted by atomic mass is 35.5. The maximum Gasteiger partial charge on any atom is 0.220 e. The summed E-state index contributed by atoms with van der Waals surface area (Å²) >= 11 is 0. The Kier molecular flexibility index (Phi) is 7.74. The van der Waals surface area contributed by atoms with Crippen molar-refractivity contribution in [2.45, 2.75) is 70.2 Å². The Balaban J connectivity index is 0.00000243. The van der Waals surface area contributed by atoms with Gasteiger partial charge in [-0.25, -0.2) is 0 Å². The Hall–Kier alpha value is -1.30. The minimum absolute atomic E-state index is 0. The molecule has 0 saturated carbocycles. The summed E-state index contributed by atoms with van der Waals surface area (Å²) in [6, 6.07) is 8.63. The minimum Gasteiger partial charge on any atom is -0.491 e. The number of nitrogens with one attached hydrogen (secondary N) is 2. The van der Waals surface area contributed by atoms with Crippen LogP contribution in [0.15, 0.2) is 24.3 Å². The average Bonchev–Trinajstić information content (AvgIpc) is 2.91. The standard InChI is InChI=1S/C20H30N2O3.ClH/c1-13(2)25-18-5-3-4-15(11-18)19(23)12-21-20(24)10-14-8-16-6-7-17(9-14)22-16;/h3-5,11,13-14,16-17,19,22-23H,6-10,12H2,1-2H3,(H,21,24);1H. The summed E-state index contributed by atoms with van der Waals surface area (Å²) in [7, 11) is 0. The van der Waals surface area contributed by atoms with Gasteiger partial charge < -0.3 is 20.5 Å². The van der Waals surface area contributed by atoms with Crippen molar-refractivity contribution in [1.29, 1.82) is 0 Å². The highest BCUT2D eigenvalue weighted by Crippen LogP contribution is 2.32. The second-order valence-corrected chi connectivity index (χ2v) is 7.74. The maximum absolute atomic E-state index is 12.2. The summed E-state index contributed by atoms with van der Waals surface area (Å²) in [5.41, 5.74) is 0.762. The van der Waals surface area contributed by atoms with Gasteiger partial charge in [-0.3, -0.25) is 4.79 Å². The Morgan fingerprint density at radius 3 is 2.65 bits per heavy atom. The van der Waals surface area contributed by atoms with Crippen molar-refractivity contribution in [2.24, 2.45) is 5.92 Å². The Morgan fingerprint density at radius 1 is 1.31 bits per heavy atom. The van der Waals surface area contributed by atoms with Gasteiger partial charge in [-0.1, -0.05) is 12.1 Å². The van der Waals surface area contributed by atoms with Crippen LogP contribution in [0.1, 0.15) is 57.6 Å². The number of carbonyl (C=O) groups excluding carboxylic acids is 1. The van der Waals surface area contributed by atoms with Gasteiger partial charge in [0.1, 0.15) is 5.75 Å². The van der Waals surface area contributed by atoms with Crippen molar-refractivity contribution in [2.75, 3.05) is 6.54 Å². The molecule has 3 rings (SSSR count). The molecule has 1 aromatic carbocycles. The lowest BCUT2D eigenvalue weighted by atomic mass is 9.89. The number of fused-ring (bicyclic) bond motifs is 2. The third-order valence-electron chi connectivity index (χ3n) is 5.15. The van der Waals surface area contributed by atoms with E-state index in [0.717, 1.165) is 24.2 Å². The van der Waals surface area contributed by atoms with E-state index >= 15 is 0 Å². The predicted molar refractivity (Wildman–Crippen MR) is 105 cm³/mol. The maximum atomic E-state index is 12.2. The molecular formula is C20H31ClN2O3. The van der Waals surface area contributed by atoms with Crippen LogP contribution in [0.5, 0.6) is 5.75 Å². The molecule has 0 aliphatic carbocycles. The molecule has 6 heteroatoms. The third-order valence-corrected chi connectivity index (χ3v) is 5.15. The molecule has 2 bridgehead atoms. The molecule has 0 spiro atoms. The van der Waals surface area contributed by atoms with Gasteiger partial charge >= 0.3 is 0 Å². The second kappa shape index (κ2) is 9.58. The SMILES string of the molecule is CC(C)Oc1cccc(C(O)CNC(=O)CC2CC3CCC(C2)N3)c1.Cl. The van der Waals surface area contributed by atoms with Crippen LogP contribution in [0.3, 0.4) is 0 Å². The lowest BCUT2D eigenvalue weighted by molar-refractivity contribution is -0.122. The Morgan fingerprint density at radius 2 is 2.00 bits per heavy atom. The van der Waals surface area contributed by atoms with Crippen molar-refractivity contribution in [3.8, 4) is 5.75 Å². The number of rotatable bonds is 7. The van der Waals surface area contributed by atoms with Gasteiger partial charge in [0.25, 0.3) is 0 Å². The van der Waals surface area contributed by atoms with E-state index in [4.69, 9.17) is 4.74 Å². The van der Waals surface area contributed by atoms with Gasteiger partial charge in [-0.15, -0.1) is 12.4 Å². The summed E-state index contributed by atoms with van der Waals surface area (Å²) in [5, 5.41) is 16.8.